The highest BCUT2D eigenvalue weighted by molar-refractivity contribution is 5.86. The summed E-state index contributed by atoms with van der Waals surface area (Å²) in [4.78, 5) is 24.7. The molecule has 1 atom stereocenters. The highest BCUT2D eigenvalue weighted by Crippen LogP contribution is 2.31. The van der Waals surface area contributed by atoms with E-state index >= 15 is 0 Å². The van der Waals surface area contributed by atoms with Crippen molar-refractivity contribution in [2.45, 2.75) is 32.2 Å². The average Bonchev–Trinajstić information content (AvgIpc) is 2.47. The summed E-state index contributed by atoms with van der Waals surface area (Å²) >= 11 is 0. The van der Waals surface area contributed by atoms with Gasteiger partial charge in [-0.05, 0) is 38.3 Å². The Hall–Kier alpha value is -2.31. The van der Waals surface area contributed by atoms with Crippen molar-refractivity contribution in [2.24, 2.45) is 0 Å². The summed E-state index contributed by atoms with van der Waals surface area (Å²) in [6.45, 7) is 3.22. The Labute approximate surface area is 123 Å². The van der Waals surface area contributed by atoms with Crippen LogP contribution in [0.5, 0.6) is 0 Å². The van der Waals surface area contributed by atoms with Crippen LogP contribution >= 0.6 is 0 Å². The standard InChI is InChI=1S/C14H20N4O3/c1-10(14(19)17-8-3-2-4-9-17)16-12-7-5-6-11(15)13(12)18(20)21/h5-7,10,16H,2-4,8-9,15H2,1H3. The molecular weight excluding hydrogens is 272 g/mol. The van der Waals surface area contributed by atoms with E-state index in [1.165, 1.54) is 6.07 Å². The number of nitro groups is 1. The van der Waals surface area contributed by atoms with Gasteiger partial charge in [0.2, 0.25) is 5.91 Å². The third kappa shape index (κ3) is 3.42. The second kappa shape index (κ2) is 6.43. The summed E-state index contributed by atoms with van der Waals surface area (Å²) in [6, 6.07) is 4.14. The van der Waals surface area contributed by atoms with Gasteiger partial charge in [0.15, 0.2) is 0 Å². The van der Waals surface area contributed by atoms with Gasteiger partial charge in [-0.15, -0.1) is 0 Å². The zero-order valence-electron chi connectivity index (χ0n) is 12.0. The van der Waals surface area contributed by atoms with E-state index in [0.29, 0.717) is 0 Å². The van der Waals surface area contributed by atoms with E-state index in [-0.39, 0.29) is 23.0 Å². The molecule has 0 radical (unpaired) electrons. The van der Waals surface area contributed by atoms with Gasteiger partial charge in [0.05, 0.1) is 4.92 Å². The lowest BCUT2D eigenvalue weighted by Crippen LogP contribution is -2.43. The Kier molecular flexibility index (Phi) is 4.62. The average molecular weight is 292 g/mol. The molecule has 2 rings (SSSR count). The summed E-state index contributed by atoms with van der Waals surface area (Å²) in [7, 11) is 0. The molecule has 3 N–H and O–H groups in total. The number of rotatable bonds is 4. The minimum Gasteiger partial charge on any atom is -0.393 e. The van der Waals surface area contributed by atoms with Crippen LogP contribution in [0.3, 0.4) is 0 Å². The number of carbonyl (C=O) groups is 1. The molecule has 1 unspecified atom stereocenters. The largest absolute Gasteiger partial charge is 0.393 e. The zero-order chi connectivity index (χ0) is 15.4. The number of nitrogen functional groups attached to an aromatic ring is 1. The van der Waals surface area contributed by atoms with Crippen LogP contribution in [0.15, 0.2) is 18.2 Å². The van der Waals surface area contributed by atoms with Crippen LogP contribution in [0.2, 0.25) is 0 Å². The molecule has 1 aromatic rings. The van der Waals surface area contributed by atoms with E-state index in [1.54, 1.807) is 24.0 Å². The lowest BCUT2D eigenvalue weighted by Gasteiger charge is -2.29. The number of piperidine rings is 1. The van der Waals surface area contributed by atoms with E-state index in [1.807, 2.05) is 0 Å². The quantitative estimate of drug-likeness (QED) is 0.502. The summed E-state index contributed by atoms with van der Waals surface area (Å²) in [5, 5.41) is 14.0. The predicted molar refractivity (Wildman–Crippen MR) is 81.0 cm³/mol. The first-order valence-electron chi connectivity index (χ1n) is 7.09. The summed E-state index contributed by atoms with van der Waals surface area (Å²) in [6.07, 6.45) is 3.17. The number of hydrogen-bond acceptors (Lipinski definition) is 5. The lowest BCUT2D eigenvalue weighted by atomic mass is 10.1. The van der Waals surface area contributed by atoms with Crippen molar-refractivity contribution in [1.29, 1.82) is 0 Å². The van der Waals surface area contributed by atoms with Crippen molar-refractivity contribution >= 4 is 23.0 Å². The van der Waals surface area contributed by atoms with Crippen LogP contribution in [0, 0.1) is 10.1 Å². The number of nitrogens with one attached hydrogen (secondary N) is 1. The molecular formula is C14H20N4O3. The van der Waals surface area contributed by atoms with Gasteiger partial charge < -0.3 is 16.0 Å². The van der Waals surface area contributed by atoms with Gasteiger partial charge in [0, 0.05) is 13.1 Å². The minimum absolute atomic E-state index is 0.0357. The zero-order valence-corrected chi connectivity index (χ0v) is 12.0. The van der Waals surface area contributed by atoms with Gasteiger partial charge >= 0.3 is 5.69 Å². The molecule has 1 aliphatic heterocycles. The number of amides is 1. The minimum atomic E-state index is -0.532. The number of carbonyl (C=O) groups excluding carboxylic acids is 1. The molecule has 7 heteroatoms. The molecule has 1 saturated heterocycles. The van der Waals surface area contributed by atoms with Crippen molar-refractivity contribution in [3.8, 4) is 0 Å². The van der Waals surface area contributed by atoms with Gasteiger partial charge in [-0.3, -0.25) is 14.9 Å². The normalized spacial score (nSPS) is 16.3. The third-order valence-electron chi connectivity index (χ3n) is 3.66. The highest BCUT2D eigenvalue weighted by atomic mass is 16.6. The van der Waals surface area contributed by atoms with Crippen molar-refractivity contribution < 1.29 is 9.72 Å². The Morgan fingerprint density at radius 1 is 1.38 bits per heavy atom. The molecule has 0 saturated carbocycles. The molecule has 1 aliphatic rings. The van der Waals surface area contributed by atoms with Gasteiger partial charge in [0.25, 0.3) is 0 Å². The molecule has 1 heterocycles. The summed E-state index contributed by atoms with van der Waals surface area (Å²) in [5.74, 6) is -0.0357. The van der Waals surface area contributed by atoms with Crippen molar-refractivity contribution in [1.82, 2.24) is 4.90 Å². The first kappa shape index (κ1) is 15.1. The molecule has 0 aliphatic carbocycles. The van der Waals surface area contributed by atoms with E-state index in [0.717, 1.165) is 32.4 Å². The van der Waals surface area contributed by atoms with Crippen molar-refractivity contribution in [3.05, 3.63) is 28.3 Å². The molecule has 1 fully saturated rings. The van der Waals surface area contributed by atoms with Gasteiger partial charge in [-0.2, -0.15) is 0 Å². The number of nitro benzene ring substituents is 1. The maximum Gasteiger partial charge on any atom is 0.314 e. The first-order chi connectivity index (χ1) is 10.0. The van der Waals surface area contributed by atoms with Crippen molar-refractivity contribution in [2.75, 3.05) is 24.1 Å². The number of nitrogens with zero attached hydrogens (tertiary/aromatic N) is 2. The molecule has 114 valence electrons. The van der Waals surface area contributed by atoms with Gasteiger partial charge in [-0.1, -0.05) is 6.07 Å². The molecule has 1 amide bonds. The van der Waals surface area contributed by atoms with Crippen molar-refractivity contribution in [3.63, 3.8) is 0 Å². The second-order valence-electron chi connectivity index (χ2n) is 5.25. The molecule has 1 aromatic carbocycles. The second-order valence-corrected chi connectivity index (χ2v) is 5.25. The number of hydrogen-bond donors (Lipinski definition) is 2. The molecule has 0 bridgehead atoms. The van der Waals surface area contributed by atoms with E-state index in [2.05, 4.69) is 5.32 Å². The number of likely N-dealkylation sites (tertiary alicyclic amines) is 1. The van der Waals surface area contributed by atoms with Crippen LogP contribution < -0.4 is 11.1 Å². The molecule has 0 aromatic heterocycles. The van der Waals surface area contributed by atoms with Gasteiger partial charge in [0.1, 0.15) is 17.4 Å². The number of nitrogens with two attached hydrogens (primary N) is 1. The predicted octanol–water partition coefficient (Wildman–Crippen LogP) is 1.99. The van der Waals surface area contributed by atoms with Crippen LogP contribution in [0.4, 0.5) is 17.1 Å². The fraction of sp³-hybridized carbons (Fsp3) is 0.500. The summed E-state index contributed by atoms with van der Waals surface area (Å²) < 4.78 is 0. The monoisotopic (exact) mass is 292 g/mol. The fourth-order valence-electron chi connectivity index (χ4n) is 2.56. The highest BCUT2D eigenvalue weighted by Gasteiger charge is 2.25. The first-order valence-corrected chi connectivity index (χ1v) is 7.09. The van der Waals surface area contributed by atoms with Crippen LogP contribution in [-0.2, 0) is 4.79 Å². The summed E-state index contributed by atoms with van der Waals surface area (Å²) in [5.41, 5.74) is 5.82. The Morgan fingerprint density at radius 2 is 2.05 bits per heavy atom. The number of benzene rings is 1. The Balaban J connectivity index is 2.12. The van der Waals surface area contributed by atoms with E-state index < -0.39 is 11.0 Å². The maximum atomic E-state index is 12.3. The molecule has 0 spiro atoms. The molecule has 7 nitrogen and oxygen atoms in total. The lowest BCUT2D eigenvalue weighted by molar-refractivity contribution is -0.383. The van der Waals surface area contributed by atoms with Crippen LogP contribution in [0.1, 0.15) is 26.2 Å². The number of para-hydroxylation sites is 1. The topological polar surface area (TPSA) is 101 Å². The van der Waals surface area contributed by atoms with Gasteiger partial charge in [-0.25, -0.2) is 0 Å². The third-order valence-corrected chi connectivity index (χ3v) is 3.66. The van der Waals surface area contributed by atoms with Crippen LogP contribution in [-0.4, -0.2) is 34.9 Å². The number of anilines is 2. The Bertz CT molecular complexity index is 541. The van der Waals surface area contributed by atoms with Crippen LogP contribution in [0.25, 0.3) is 0 Å². The smallest absolute Gasteiger partial charge is 0.314 e. The SMILES string of the molecule is CC(Nc1cccc(N)c1[N+](=O)[O-])C(=O)N1CCCCC1. The fourth-order valence-corrected chi connectivity index (χ4v) is 2.56. The van der Waals surface area contributed by atoms with E-state index in [4.69, 9.17) is 5.73 Å². The molecule has 21 heavy (non-hydrogen) atoms. The Morgan fingerprint density at radius 3 is 2.67 bits per heavy atom. The maximum absolute atomic E-state index is 12.3. The van der Waals surface area contributed by atoms with E-state index in [9.17, 15) is 14.9 Å².